The number of aromatic nitrogens is 2. The third kappa shape index (κ3) is 2.74. The molecule has 5 heteroatoms. The first-order valence-corrected chi connectivity index (χ1v) is 5.65. The lowest BCUT2D eigenvalue weighted by atomic mass is 9.92. The maximum atomic E-state index is 11.8. The minimum absolute atomic E-state index is 0.110. The van der Waals surface area contributed by atoms with E-state index < -0.39 is 0 Å². The van der Waals surface area contributed by atoms with Crippen LogP contribution in [0.25, 0.3) is 0 Å². The van der Waals surface area contributed by atoms with Gasteiger partial charge in [-0.1, -0.05) is 25.9 Å². The molecule has 2 aromatic heterocycles. The van der Waals surface area contributed by atoms with Gasteiger partial charge < -0.3 is 4.52 Å². The van der Waals surface area contributed by atoms with Crippen LogP contribution in [0.1, 0.15) is 36.8 Å². The van der Waals surface area contributed by atoms with E-state index in [4.69, 9.17) is 4.52 Å². The van der Waals surface area contributed by atoms with Crippen molar-refractivity contribution in [2.24, 2.45) is 0 Å². The van der Waals surface area contributed by atoms with E-state index in [-0.39, 0.29) is 11.3 Å². The lowest BCUT2D eigenvalue weighted by Crippen LogP contribution is -2.12. The molecule has 1 amide bonds. The van der Waals surface area contributed by atoms with E-state index in [1.807, 2.05) is 20.8 Å². The van der Waals surface area contributed by atoms with Gasteiger partial charge in [0.05, 0.1) is 11.3 Å². The Morgan fingerprint density at radius 2 is 2.17 bits per heavy atom. The first-order valence-electron chi connectivity index (χ1n) is 5.65. The average Bonchev–Trinajstić information content (AvgIpc) is 2.78. The summed E-state index contributed by atoms with van der Waals surface area (Å²) in [7, 11) is 0. The van der Waals surface area contributed by atoms with Gasteiger partial charge in [-0.25, -0.2) is 0 Å². The number of carbonyl (C=O) groups is 1. The molecule has 0 saturated heterocycles. The third-order valence-corrected chi connectivity index (χ3v) is 2.44. The highest BCUT2D eigenvalue weighted by atomic mass is 16.5. The Bertz CT molecular complexity index is 541. The van der Waals surface area contributed by atoms with Crippen LogP contribution in [0.5, 0.6) is 0 Å². The maximum Gasteiger partial charge on any atom is 0.259 e. The molecule has 0 aliphatic carbocycles. The van der Waals surface area contributed by atoms with E-state index in [1.165, 1.54) is 6.20 Å². The highest BCUT2D eigenvalue weighted by molar-refractivity contribution is 6.03. The van der Waals surface area contributed by atoms with Gasteiger partial charge in [-0.05, 0) is 12.1 Å². The van der Waals surface area contributed by atoms with Crippen molar-refractivity contribution in [2.45, 2.75) is 26.2 Å². The fraction of sp³-hybridized carbons (Fsp3) is 0.308. The van der Waals surface area contributed by atoms with Crippen molar-refractivity contribution in [1.82, 2.24) is 10.1 Å². The molecule has 0 aliphatic rings. The van der Waals surface area contributed by atoms with Crippen LogP contribution in [-0.4, -0.2) is 16.0 Å². The van der Waals surface area contributed by atoms with Gasteiger partial charge in [0.25, 0.3) is 5.91 Å². The molecule has 1 N–H and O–H groups in total. The van der Waals surface area contributed by atoms with Gasteiger partial charge in [0.2, 0.25) is 5.88 Å². The summed E-state index contributed by atoms with van der Waals surface area (Å²) in [5, 5.41) is 6.57. The predicted octanol–water partition coefficient (Wildman–Crippen LogP) is 2.62. The molecule has 0 aliphatic heterocycles. The number of pyridine rings is 1. The van der Waals surface area contributed by atoms with Gasteiger partial charge in [0, 0.05) is 23.9 Å². The van der Waals surface area contributed by atoms with Crippen molar-refractivity contribution in [1.29, 1.82) is 0 Å². The molecule has 0 spiro atoms. The molecule has 0 fully saturated rings. The minimum Gasteiger partial charge on any atom is -0.338 e. The van der Waals surface area contributed by atoms with Gasteiger partial charge >= 0.3 is 0 Å². The summed E-state index contributed by atoms with van der Waals surface area (Å²) in [5.74, 6) is 0.0773. The van der Waals surface area contributed by atoms with Crippen molar-refractivity contribution in [2.75, 3.05) is 5.32 Å². The summed E-state index contributed by atoms with van der Waals surface area (Å²) in [6.45, 7) is 6.08. The van der Waals surface area contributed by atoms with Gasteiger partial charge in [-0.2, -0.15) is 0 Å². The summed E-state index contributed by atoms with van der Waals surface area (Å²) < 4.78 is 5.08. The van der Waals surface area contributed by atoms with Gasteiger partial charge in [-0.3, -0.25) is 15.1 Å². The molecule has 18 heavy (non-hydrogen) atoms. The van der Waals surface area contributed by atoms with Gasteiger partial charge in [0.1, 0.15) is 0 Å². The Kier molecular flexibility index (Phi) is 3.14. The molecule has 0 saturated carbocycles. The first-order chi connectivity index (χ1) is 8.47. The van der Waals surface area contributed by atoms with Crippen molar-refractivity contribution in [3.05, 3.63) is 41.9 Å². The van der Waals surface area contributed by atoms with Crippen LogP contribution in [0.2, 0.25) is 0 Å². The lowest BCUT2D eigenvalue weighted by molar-refractivity contribution is 0.102. The quantitative estimate of drug-likeness (QED) is 0.883. The highest BCUT2D eigenvalue weighted by Crippen LogP contribution is 2.23. The number of anilines is 1. The van der Waals surface area contributed by atoms with Gasteiger partial charge in [-0.15, -0.1) is 0 Å². The fourth-order valence-electron chi connectivity index (χ4n) is 1.37. The Hall–Kier alpha value is -2.17. The zero-order valence-electron chi connectivity index (χ0n) is 10.6. The highest BCUT2D eigenvalue weighted by Gasteiger charge is 2.19. The number of amides is 1. The zero-order valence-corrected chi connectivity index (χ0v) is 10.6. The van der Waals surface area contributed by atoms with E-state index in [0.29, 0.717) is 11.4 Å². The van der Waals surface area contributed by atoms with Crippen LogP contribution in [0, 0.1) is 0 Å². The molecule has 0 unspecified atom stereocenters. The average molecular weight is 245 g/mol. The molecule has 2 rings (SSSR count). The number of hydrogen-bond acceptors (Lipinski definition) is 4. The van der Waals surface area contributed by atoms with Crippen LogP contribution in [-0.2, 0) is 5.41 Å². The zero-order chi connectivity index (χ0) is 13.2. The molecule has 0 atom stereocenters. The van der Waals surface area contributed by atoms with Crippen LogP contribution >= 0.6 is 0 Å². The van der Waals surface area contributed by atoms with Crippen LogP contribution in [0.3, 0.4) is 0 Å². The number of carbonyl (C=O) groups excluding carboxylic acids is 1. The molecule has 2 heterocycles. The van der Waals surface area contributed by atoms with Crippen LogP contribution in [0.15, 0.2) is 35.1 Å². The number of hydrogen-bond donors (Lipinski definition) is 1. The number of rotatable bonds is 2. The summed E-state index contributed by atoms with van der Waals surface area (Å²) in [5.41, 5.74) is 1.16. The maximum absolute atomic E-state index is 11.8. The Morgan fingerprint density at radius 1 is 1.39 bits per heavy atom. The molecule has 94 valence electrons. The monoisotopic (exact) mass is 245 g/mol. The van der Waals surface area contributed by atoms with Crippen molar-refractivity contribution in [3.8, 4) is 0 Å². The first kappa shape index (κ1) is 12.3. The summed E-state index contributed by atoms with van der Waals surface area (Å²) in [4.78, 5) is 15.7. The van der Waals surface area contributed by atoms with Crippen LogP contribution in [0.4, 0.5) is 5.88 Å². The van der Waals surface area contributed by atoms with E-state index in [0.717, 1.165) is 5.69 Å². The summed E-state index contributed by atoms with van der Waals surface area (Å²) >= 11 is 0. The van der Waals surface area contributed by atoms with Crippen molar-refractivity contribution in [3.63, 3.8) is 0 Å². The standard InChI is InChI=1S/C13H15N3O2/c1-13(2,3)10-7-11(18-16-10)15-12(17)9-5-4-6-14-8-9/h4-8H,1-3H3,(H,15,17). The SMILES string of the molecule is CC(C)(C)c1cc(NC(=O)c2cccnc2)on1. The topological polar surface area (TPSA) is 68.0 Å². The minimum atomic E-state index is -0.264. The molecule has 0 bridgehead atoms. The Labute approximate surface area is 105 Å². The Morgan fingerprint density at radius 3 is 2.72 bits per heavy atom. The fourth-order valence-corrected chi connectivity index (χ4v) is 1.37. The second kappa shape index (κ2) is 4.60. The predicted molar refractivity (Wildman–Crippen MR) is 67.4 cm³/mol. The molecular formula is C13H15N3O2. The molecule has 0 radical (unpaired) electrons. The van der Waals surface area contributed by atoms with Crippen molar-refractivity contribution >= 4 is 11.8 Å². The van der Waals surface area contributed by atoms with Crippen LogP contribution < -0.4 is 5.32 Å². The van der Waals surface area contributed by atoms with Gasteiger partial charge in [0.15, 0.2) is 0 Å². The lowest BCUT2D eigenvalue weighted by Gasteiger charge is -2.12. The normalized spacial score (nSPS) is 11.3. The Balaban J connectivity index is 2.11. The molecule has 2 aromatic rings. The van der Waals surface area contributed by atoms with E-state index in [2.05, 4.69) is 15.5 Å². The van der Waals surface area contributed by atoms with Crippen molar-refractivity contribution < 1.29 is 9.32 Å². The van der Waals surface area contributed by atoms with E-state index in [1.54, 1.807) is 24.4 Å². The molecule has 0 aromatic carbocycles. The van der Waals surface area contributed by atoms with E-state index >= 15 is 0 Å². The molecule has 5 nitrogen and oxygen atoms in total. The largest absolute Gasteiger partial charge is 0.338 e. The third-order valence-electron chi connectivity index (χ3n) is 2.44. The summed E-state index contributed by atoms with van der Waals surface area (Å²) in [6.07, 6.45) is 3.11. The number of nitrogens with one attached hydrogen (secondary N) is 1. The number of nitrogens with zero attached hydrogens (tertiary/aromatic N) is 2. The molecular weight excluding hydrogens is 230 g/mol. The van der Waals surface area contributed by atoms with E-state index in [9.17, 15) is 4.79 Å². The smallest absolute Gasteiger partial charge is 0.259 e. The second-order valence-electron chi connectivity index (χ2n) is 5.02. The summed E-state index contributed by atoms with van der Waals surface area (Å²) in [6, 6.07) is 5.12. The second-order valence-corrected chi connectivity index (χ2v) is 5.02.